The van der Waals surface area contributed by atoms with E-state index in [2.05, 4.69) is 27.9 Å². The normalized spacial score (nSPS) is 12.5. The van der Waals surface area contributed by atoms with Gasteiger partial charge in [0.15, 0.2) is 0 Å². The molecule has 0 aromatic heterocycles. The van der Waals surface area contributed by atoms with E-state index in [1.807, 2.05) is 0 Å². The number of hydrogen-bond donors (Lipinski definition) is 1. The van der Waals surface area contributed by atoms with E-state index in [0.29, 0.717) is 5.69 Å². The van der Waals surface area contributed by atoms with Gasteiger partial charge in [0.1, 0.15) is 12.4 Å². The van der Waals surface area contributed by atoms with Crippen LogP contribution in [-0.4, -0.2) is 27.1 Å². The largest absolute Gasteiger partial charge is 0.348 e. The average Bonchev–Trinajstić information content (AvgIpc) is 2.53. The molecule has 25 heavy (non-hydrogen) atoms. The first-order valence-electron chi connectivity index (χ1n) is 7.45. The smallest absolute Gasteiger partial charge is 0.241 e. The third-order valence-corrected chi connectivity index (χ3v) is 5.41. The molecule has 0 heterocycles. The molecule has 0 aliphatic rings. The third-order valence-electron chi connectivity index (χ3n) is 3.55. The van der Waals surface area contributed by atoms with E-state index < -0.39 is 15.9 Å². The first-order chi connectivity index (χ1) is 11.7. The van der Waals surface area contributed by atoms with Gasteiger partial charge in [-0.1, -0.05) is 12.1 Å². The van der Waals surface area contributed by atoms with E-state index in [9.17, 15) is 17.6 Å². The van der Waals surface area contributed by atoms with Gasteiger partial charge >= 0.3 is 0 Å². The highest BCUT2D eigenvalue weighted by molar-refractivity contribution is 14.1. The van der Waals surface area contributed by atoms with Crippen LogP contribution in [0.2, 0.25) is 0 Å². The summed E-state index contributed by atoms with van der Waals surface area (Å²) in [6, 6.07) is 12.3. The monoisotopic (exact) mass is 476 g/mol. The molecule has 0 aliphatic carbocycles. The minimum atomic E-state index is -3.61. The fourth-order valence-electron chi connectivity index (χ4n) is 2.26. The maximum absolute atomic E-state index is 13.0. The van der Waals surface area contributed by atoms with Gasteiger partial charge in [0, 0.05) is 3.57 Å². The van der Waals surface area contributed by atoms with Crippen LogP contribution in [0.4, 0.5) is 10.1 Å². The second-order valence-electron chi connectivity index (χ2n) is 5.59. The van der Waals surface area contributed by atoms with Crippen LogP contribution in [0.3, 0.4) is 0 Å². The Hall–Kier alpha value is -1.68. The van der Waals surface area contributed by atoms with Gasteiger partial charge in [-0.2, -0.15) is 0 Å². The van der Waals surface area contributed by atoms with Crippen molar-refractivity contribution in [3.8, 4) is 0 Å². The number of carbonyl (C=O) groups is 1. The minimum Gasteiger partial charge on any atom is -0.348 e. The fourth-order valence-corrected chi connectivity index (χ4v) is 3.48. The molecule has 0 radical (unpaired) electrons. The van der Waals surface area contributed by atoms with Crippen LogP contribution in [0.15, 0.2) is 48.5 Å². The lowest BCUT2D eigenvalue weighted by atomic mass is 10.1. The Kier molecular flexibility index (Phi) is 6.39. The zero-order valence-corrected chi connectivity index (χ0v) is 16.7. The molecule has 1 atom stereocenters. The molecule has 0 fully saturated rings. The van der Waals surface area contributed by atoms with Crippen molar-refractivity contribution in [2.75, 3.05) is 17.1 Å². The van der Waals surface area contributed by atoms with Crippen LogP contribution in [0.1, 0.15) is 18.5 Å². The second-order valence-corrected chi connectivity index (χ2v) is 8.74. The highest BCUT2D eigenvalue weighted by atomic mass is 127. The molecule has 1 amide bonds. The average molecular weight is 476 g/mol. The predicted octanol–water partition coefficient (Wildman–Crippen LogP) is 3.07. The van der Waals surface area contributed by atoms with Gasteiger partial charge in [-0.3, -0.25) is 9.10 Å². The Morgan fingerprint density at radius 1 is 1.16 bits per heavy atom. The Labute approximate surface area is 160 Å². The lowest BCUT2D eigenvalue weighted by Crippen LogP contribution is -2.41. The topological polar surface area (TPSA) is 66.5 Å². The second kappa shape index (κ2) is 8.13. The number of carbonyl (C=O) groups excluding carboxylic acids is 1. The van der Waals surface area contributed by atoms with Crippen LogP contribution >= 0.6 is 22.6 Å². The highest BCUT2D eigenvalue weighted by Crippen LogP contribution is 2.19. The van der Waals surface area contributed by atoms with Crippen molar-refractivity contribution in [3.05, 3.63) is 63.5 Å². The van der Waals surface area contributed by atoms with E-state index in [-0.39, 0.29) is 18.4 Å². The summed E-state index contributed by atoms with van der Waals surface area (Å²) >= 11 is 2.12. The molecule has 2 aromatic rings. The van der Waals surface area contributed by atoms with Gasteiger partial charge in [-0.05, 0) is 71.5 Å². The SMILES string of the molecule is CC(NC(=O)CN(c1ccc(I)cc1)S(C)(=O)=O)c1ccc(F)cc1. The van der Waals surface area contributed by atoms with Crippen molar-refractivity contribution in [3.63, 3.8) is 0 Å². The lowest BCUT2D eigenvalue weighted by Gasteiger charge is -2.23. The molecule has 134 valence electrons. The fraction of sp³-hybridized carbons (Fsp3) is 0.235. The van der Waals surface area contributed by atoms with E-state index >= 15 is 0 Å². The number of benzene rings is 2. The maximum atomic E-state index is 13.0. The van der Waals surface area contributed by atoms with Crippen molar-refractivity contribution >= 4 is 44.2 Å². The minimum absolute atomic E-state index is 0.328. The third kappa shape index (κ3) is 5.67. The maximum Gasteiger partial charge on any atom is 0.241 e. The van der Waals surface area contributed by atoms with Crippen LogP contribution in [0.5, 0.6) is 0 Å². The van der Waals surface area contributed by atoms with Crippen molar-refractivity contribution in [1.29, 1.82) is 0 Å². The number of amides is 1. The molecule has 2 aromatic carbocycles. The van der Waals surface area contributed by atoms with Crippen molar-refractivity contribution in [2.24, 2.45) is 0 Å². The molecular formula is C17H18FIN2O3S. The highest BCUT2D eigenvalue weighted by Gasteiger charge is 2.21. The van der Waals surface area contributed by atoms with Crippen molar-refractivity contribution in [1.82, 2.24) is 5.32 Å². The van der Waals surface area contributed by atoms with Gasteiger partial charge in [-0.15, -0.1) is 0 Å². The van der Waals surface area contributed by atoms with E-state index in [1.54, 1.807) is 43.3 Å². The number of sulfonamides is 1. The number of hydrogen-bond acceptors (Lipinski definition) is 3. The van der Waals surface area contributed by atoms with Gasteiger partial charge < -0.3 is 5.32 Å². The predicted molar refractivity (Wildman–Crippen MR) is 104 cm³/mol. The Bertz CT molecular complexity index is 839. The summed E-state index contributed by atoms with van der Waals surface area (Å²) in [6.45, 7) is 1.42. The number of nitrogens with zero attached hydrogens (tertiary/aromatic N) is 1. The van der Waals surface area contributed by atoms with Gasteiger partial charge in [-0.25, -0.2) is 12.8 Å². The summed E-state index contributed by atoms with van der Waals surface area (Å²) in [5.41, 5.74) is 1.16. The summed E-state index contributed by atoms with van der Waals surface area (Å²) in [4.78, 5) is 12.3. The Balaban J connectivity index is 2.12. The summed E-state index contributed by atoms with van der Waals surface area (Å²) in [5.74, 6) is -0.801. The van der Waals surface area contributed by atoms with Crippen LogP contribution in [0, 0.1) is 9.39 Å². The van der Waals surface area contributed by atoms with Crippen molar-refractivity contribution in [2.45, 2.75) is 13.0 Å². The molecule has 2 rings (SSSR count). The van der Waals surface area contributed by atoms with Crippen LogP contribution in [-0.2, 0) is 14.8 Å². The number of halogens is 2. The summed E-state index contributed by atoms with van der Waals surface area (Å²) in [6.07, 6.45) is 1.06. The molecule has 8 heteroatoms. The quantitative estimate of drug-likeness (QED) is 0.652. The van der Waals surface area contributed by atoms with Crippen LogP contribution < -0.4 is 9.62 Å². The Morgan fingerprint density at radius 2 is 1.72 bits per heavy atom. The Morgan fingerprint density at radius 3 is 2.24 bits per heavy atom. The molecule has 0 saturated carbocycles. The summed E-state index contributed by atoms with van der Waals surface area (Å²) < 4.78 is 39.1. The molecule has 1 unspecified atom stereocenters. The zero-order valence-electron chi connectivity index (χ0n) is 13.7. The molecule has 0 aliphatic heterocycles. The standard InChI is InChI=1S/C17H18FIN2O3S/c1-12(13-3-5-14(18)6-4-13)20-17(22)11-21(25(2,23)24)16-9-7-15(19)8-10-16/h3-10,12H,11H2,1-2H3,(H,20,22). The molecule has 1 N–H and O–H groups in total. The number of anilines is 1. The zero-order chi connectivity index (χ0) is 18.6. The molecular weight excluding hydrogens is 458 g/mol. The van der Waals surface area contributed by atoms with E-state index in [1.165, 1.54) is 12.1 Å². The molecule has 5 nitrogen and oxygen atoms in total. The van der Waals surface area contributed by atoms with Gasteiger partial charge in [0.25, 0.3) is 0 Å². The first kappa shape index (κ1) is 19.6. The van der Waals surface area contributed by atoms with E-state index in [0.717, 1.165) is 19.7 Å². The molecule has 0 saturated heterocycles. The van der Waals surface area contributed by atoms with Gasteiger partial charge in [0.05, 0.1) is 18.0 Å². The van der Waals surface area contributed by atoms with E-state index in [4.69, 9.17) is 0 Å². The first-order valence-corrected chi connectivity index (χ1v) is 10.4. The molecule has 0 bridgehead atoms. The van der Waals surface area contributed by atoms with Crippen LogP contribution in [0.25, 0.3) is 0 Å². The van der Waals surface area contributed by atoms with Gasteiger partial charge in [0.2, 0.25) is 15.9 Å². The summed E-state index contributed by atoms with van der Waals surface area (Å²) in [7, 11) is -3.61. The lowest BCUT2D eigenvalue weighted by molar-refractivity contribution is -0.120. The number of nitrogens with one attached hydrogen (secondary N) is 1. The number of rotatable bonds is 6. The molecule has 0 spiro atoms. The summed E-state index contributed by atoms with van der Waals surface area (Å²) in [5, 5.41) is 2.73. The van der Waals surface area contributed by atoms with Crippen molar-refractivity contribution < 1.29 is 17.6 Å².